The molecule has 0 unspecified atom stereocenters. The van der Waals surface area contributed by atoms with Gasteiger partial charge in [0.1, 0.15) is 0 Å². The topological polar surface area (TPSA) is 17.1 Å². The SMILES string of the molecule is CC(C)CCC[C@@H](C)[C@H]1CC[C@H]2[C@@H]3CC[C@H]4C[C@@H]5C(=O)[C@H](Cl)[C@@H]5C[C@]4(C)[C@H]3CC[C@]12C. The number of hydrogen-bond acceptors (Lipinski definition) is 1. The van der Waals surface area contributed by atoms with Gasteiger partial charge in [-0.3, -0.25) is 4.79 Å². The number of rotatable bonds is 5. The van der Waals surface area contributed by atoms with Crippen molar-refractivity contribution in [3.63, 3.8) is 0 Å². The van der Waals surface area contributed by atoms with Crippen LogP contribution in [0.2, 0.25) is 0 Å². The monoisotopic (exact) mass is 446 g/mol. The van der Waals surface area contributed by atoms with Crippen LogP contribution in [0.5, 0.6) is 0 Å². The van der Waals surface area contributed by atoms with Gasteiger partial charge in [-0.25, -0.2) is 0 Å². The van der Waals surface area contributed by atoms with Crippen molar-refractivity contribution in [2.24, 2.45) is 64.1 Å². The third kappa shape index (κ3) is 3.40. The lowest BCUT2D eigenvalue weighted by atomic mass is 9.41. The molecule has 11 atom stereocenters. The summed E-state index contributed by atoms with van der Waals surface area (Å²) in [5, 5.41) is -0.167. The highest BCUT2D eigenvalue weighted by Crippen LogP contribution is 2.70. The van der Waals surface area contributed by atoms with Gasteiger partial charge in [0.15, 0.2) is 5.78 Å². The second kappa shape index (κ2) is 8.02. The molecule has 0 radical (unpaired) electrons. The zero-order valence-corrected chi connectivity index (χ0v) is 21.6. The Kier molecular flexibility index (Phi) is 5.89. The highest BCUT2D eigenvalue weighted by atomic mass is 35.5. The van der Waals surface area contributed by atoms with Crippen molar-refractivity contribution in [3.05, 3.63) is 0 Å². The van der Waals surface area contributed by atoms with Crippen molar-refractivity contribution < 1.29 is 4.79 Å². The molecule has 0 aromatic carbocycles. The molecule has 0 saturated heterocycles. The van der Waals surface area contributed by atoms with Gasteiger partial charge < -0.3 is 0 Å². The Morgan fingerprint density at radius 2 is 1.68 bits per heavy atom. The van der Waals surface area contributed by atoms with Gasteiger partial charge in [0.05, 0.1) is 5.38 Å². The van der Waals surface area contributed by atoms with Crippen LogP contribution >= 0.6 is 11.6 Å². The Labute approximate surface area is 196 Å². The average molecular weight is 447 g/mol. The van der Waals surface area contributed by atoms with Crippen LogP contribution in [-0.4, -0.2) is 11.2 Å². The summed E-state index contributed by atoms with van der Waals surface area (Å²) in [6, 6.07) is 0. The van der Waals surface area contributed by atoms with E-state index in [4.69, 9.17) is 11.6 Å². The lowest BCUT2D eigenvalue weighted by Crippen LogP contribution is -2.61. The van der Waals surface area contributed by atoms with Gasteiger partial charge in [0, 0.05) is 5.92 Å². The molecular formula is C29H47ClO. The minimum Gasteiger partial charge on any atom is -0.298 e. The second-order valence-corrected chi connectivity index (χ2v) is 14.2. The molecule has 176 valence electrons. The number of carbonyl (C=O) groups is 1. The van der Waals surface area contributed by atoms with E-state index >= 15 is 0 Å². The maximum atomic E-state index is 12.3. The van der Waals surface area contributed by atoms with Crippen molar-refractivity contribution in [2.45, 2.75) is 111 Å². The lowest BCUT2D eigenvalue weighted by molar-refractivity contribution is -0.161. The zero-order chi connectivity index (χ0) is 22.1. The summed E-state index contributed by atoms with van der Waals surface area (Å²) in [7, 11) is 0. The Morgan fingerprint density at radius 1 is 0.935 bits per heavy atom. The average Bonchev–Trinajstić information content (AvgIpc) is 3.09. The second-order valence-electron chi connectivity index (χ2n) is 13.7. The number of alkyl halides is 1. The minimum absolute atomic E-state index is 0.167. The van der Waals surface area contributed by atoms with Crippen molar-refractivity contribution >= 4 is 17.4 Å². The molecule has 31 heavy (non-hydrogen) atoms. The van der Waals surface area contributed by atoms with Crippen LogP contribution in [-0.2, 0) is 4.79 Å². The van der Waals surface area contributed by atoms with Crippen molar-refractivity contribution in [1.82, 2.24) is 0 Å². The van der Waals surface area contributed by atoms with E-state index in [1.807, 2.05) is 0 Å². The number of Topliss-reactive ketones (excluding diaryl/α,β-unsaturated/α-hetero) is 1. The van der Waals surface area contributed by atoms with Gasteiger partial charge in [0.25, 0.3) is 0 Å². The Morgan fingerprint density at radius 3 is 2.42 bits per heavy atom. The van der Waals surface area contributed by atoms with E-state index in [-0.39, 0.29) is 5.38 Å². The molecule has 0 aromatic heterocycles. The maximum Gasteiger partial charge on any atom is 0.154 e. The minimum atomic E-state index is -0.167. The Hall–Kier alpha value is -0.0400. The number of carbonyl (C=O) groups excluding carboxylic acids is 1. The first-order chi connectivity index (χ1) is 14.7. The summed E-state index contributed by atoms with van der Waals surface area (Å²) >= 11 is 6.52. The van der Waals surface area contributed by atoms with Crippen LogP contribution in [0.3, 0.4) is 0 Å². The normalized spacial score (nSPS) is 52.0. The van der Waals surface area contributed by atoms with Crippen molar-refractivity contribution in [3.8, 4) is 0 Å². The molecule has 5 saturated carbocycles. The van der Waals surface area contributed by atoms with Gasteiger partial charge >= 0.3 is 0 Å². The third-order valence-corrected chi connectivity index (χ3v) is 12.5. The van der Waals surface area contributed by atoms with Crippen LogP contribution < -0.4 is 0 Å². The summed E-state index contributed by atoms with van der Waals surface area (Å²) in [5.74, 6) is 7.42. The molecular weight excluding hydrogens is 400 g/mol. The first kappa shape index (κ1) is 22.7. The van der Waals surface area contributed by atoms with E-state index in [2.05, 4.69) is 34.6 Å². The molecule has 5 aliphatic rings. The van der Waals surface area contributed by atoms with Crippen LogP contribution in [0.15, 0.2) is 0 Å². The largest absolute Gasteiger partial charge is 0.298 e. The summed E-state index contributed by atoms with van der Waals surface area (Å²) in [5.41, 5.74) is 1.03. The van der Waals surface area contributed by atoms with E-state index in [0.29, 0.717) is 28.4 Å². The number of ketones is 1. The van der Waals surface area contributed by atoms with Crippen LogP contribution in [0.4, 0.5) is 0 Å². The fourth-order valence-electron chi connectivity index (χ4n) is 10.3. The van der Waals surface area contributed by atoms with Gasteiger partial charge in [0.2, 0.25) is 0 Å². The molecule has 5 fully saturated rings. The molecule has 5 aliphatic carbocycles. The van der Waals surface area contributed by atoms with E-state index in [1.54, 1.807) is 0 Å². The highest BCUT2D eigenvalue weighted by Gasteiger charge is 2.64. The molecule has 0 heterocycles. The summed E-state index contributed by atoms with van der Waals surface area (Å²) in [4.78, 5) is 12.3. The smallest absolute Gasteiger partial charge is 0.154 e. The Balaban J connectivity index is 1.30. The van der Waals surface area contributed by atoms with Gasteiger partial charge in [-0.15, -0.1) is 11.6 Å². The van der Waals surface area contributed by atoms with Gasteiger partial charge in [-0.2, -0.15) is 0 Å². The highest BCUT2D eigenvalue weighted by molar-refractivity contribution is 6.34. The first-order valence-electron chi connectivity index (χ1n) is 13.8. The predicted octanol–water partition coefficient (Wildman–Crippen LogP) is 8.14. The Bertz CT molecular complexity index is 701. The fraction of sp³-hybridized carbons (Fsp3) is 0.966. The van der Waals surface area contributed by atoms with Crippen LogP contribution in [0.25, 0.3) is 0 Å². The molecule has 1 nitrogen and oxygen atoms in total. The standard InChI is InChI=1S/C29H47ClO/c1-17(2)7-6-8-18(3)23-11-12-24-20-10-9-19-15-21-22(26(30)27(21)31)16-29(19,5)25(20)13-14-28(23,24)4/h17-26H,6-16H2,1-5H3/t18-,19+,20+,21+,22-,23-,24+,25+,26-,28-,29+/m1/s1. The third-order valence-electron chi connectivity index (χ3n) is 12.0. The molecule has 0 aromatic rings. The predicted molar refractivity (Wildman–Crippen MR) is 130 cm³/mol. The van der Waals surface area contributed by atoms with Crippen LogP contribution in [0, 0.1) is 64.1 Å². The molecule has 0 bridgehead atoms. The zero-order valence-electron chi connectivity index (χ0n) is 20.8. The summed E-state index contributed by atoms with van der Waals surface area (Å²) in [6.07, 6.45) is 15.3. The van der Waals surface area contributed by atoms with Gasteiger partial charge in [-0.1, -0.05) is 53.9 Å². The number of fused-ring (bicyclic) bond motifs is 6. The molecule has 0 amide bonds. The molecule has 0 spiro atoms. The van der Waals surface area contributed by atoms with Crippen LogP contribution in [0.1, 0.15) is 105 Å². The quantitative estimate of drug-likeness (QED) is 0.389. The molecule has 5 rings (SSSR count). The molecule has 2 heteroatoms. The van der Waals surface area contributed by atoms with Gasteiger partial charge in [-0.05, 0) is 110 Å². The van der Waals surface area contributed by atoms with Crippen molar-refractivity contribution in [1.29, 1.82) is 0 Å². The lowest BCUT2D eigenvalue weighted by Gasteiger charge is -2.64. The molecule has 0 N–H and O–H groups in total. The fourth-order valence-corrected chi connectivity index (χ4v) is 10.8. The molecule has 0 aliphatic heterocycles. The summed E-state index contributed by atoms with van der Waals surface area (Å²) in [6.45, 7) is 12.7. The first-order valence-corrected chi connectivity index (χ1v) is 14.3. The van der Waals surface area contributed by atoms with E-state index in [1.165, 1.54) is 64.2 Å². The number of hydrogen-bond donors (Lipinski definition) is 0. The van der Waals surface area contributed by atoms with E-state index in [0.717, 1.165) is 47.8 Å². The van der Waals surface area contributed by atoms with E-state index in [9.17, 15) is 4.79 Å². The van der Waals surface area contributed by atoms with E-state index < -0.39 is 0 Å². The summed E-state index contributed by atoms with van der Waals surface area (Å²) < 4.78 is 0. The van der Waals surface area contributed by atoms with Crippen molar-refractivity contribution in [2.75, 3.05) is 0 Å². The number of halogens is 1. The maximum absolute atomic E-state index is 12.3.